The minimum Gasteiger partial charge on any atom is -0.481 e. The van der Waals surface area contributed by atoms with Gasteiger partial charge in [-0.05, 0) is 103 Å². The summed E-state index contributed by atoms with van der Waals surface area (Å²) >= 11 is 0. The molecule has 3 aliphatic rings. The number of carboxylic acids is 1. The number of allylic oxidation sites excluding steroid dienone is 2. The first-order chi connectivity index (χ1) is 16.3. The quantitative estimate of drug-likeness (QED) is 0.627. The van der Waals surface area contributed by atoms with E-state index in [1.165, 1.54) is 22.9 Å². The Morgan fingerprint density at radius 3 is 2.85 bits per heavy atom. The lowest BCUT2D eigenvalue weighted by Gasteiger charge is -2.50. The fourth-order valence-electron chi connectivity index (χ4n) is 6.92. The smallest absolute Gasteiger partial charge is 0.305 e. The summed E-state index contributed by atoms with van der Waals surface area (Å²) in [4.78, 5) is 27.6. The lowest BCUT2D eigenvalue weighted by molar-refractivity contribution is -0.137. The van der Waals surface area contributed by atoms with Gasteiger partial charge in [0.15, 0.2) is 0 Å². The van der Waals surface area contributed by atoms with Gasteiger partial charge in [-0.1, -0.05) is 19.1 Å². The van der Waals surface area contributed by atoms with Crippen LogP contribution in [0.15, 0.2) is 42.7 Å². The summed E-state index contributed by atoms with van der Waals surface area (Å²) in [5.41, 5.74) is 5.38. The van der Waals surface area contributed by atoms with Crippen molar-refractivity contribution in [2.24, 2.45) is 17.3 Å². The number of hydrogen-bond acceptors (Lipinski definition) is 3. The number of rotatable bonds is 5. The Kier molecular flexibility index (Phi) is 5.78. The molecule has 0 saturated heterocycles. The molecule has 6 heteroatoms. The lowest BCUT2D eigenvalue weighted by atomic mass is 9.54. The van der Waals surface area contributed by atoms with Crippen LogP contribution in [0.25, 0.3) is 5.57 Å². The van der Waals surface area contributed by atoms with Crippen molar-refractivity contribution in [3.05, 3.63) is 70.8 Å². The number of nitrogens with one attached hydrogen (secondary N) is 1. The average Bonchev–Trinajstić information content (AvgIpc) is 3.15. The summed E-state index contributed by atoms with van der Waals surface area (Å²) < 4.78 is 13.9. The van der Waals surface area contributed by atoms with Gasteiger partial charge in [-0.3, -0.25) is 14.6 Å². The lowest BCUT2D eigenvalue weighted by Crippen LogP contribution is -2.41. The maximum atomic E-state index is 13.9. The molecule has 1 aromatic heterocycles. The van der Waals surface area contributed by atoms with Crippen molar-refractivity contribution >= 4 is 17.4 Å². The second kappa shape index (κ2) is 8.64. The largest absolute Gasteiger partial charge is 0.481 e. The Bertz CT molecular complexity index is 1180. The van der Waals surface area contributed by atoms with E-state index in [2.05, 4.69) is 29.4 Å². The summed E-state index contributed by atoms with van der Waals surface area (Å²) in [6.45, 7) is 4.05. The molecule has 0 spiro atoms. The van der Waals surface area contributed by atoms with Crippen LogP contribution in [0.3, 0.4) is 0 Å². The molecular formula is C28H31FN2O3. The minimum absolute atomic E-state index is 0.0360. The number of nitrogens with zero attached hydrogens (tertiary/aromatic N) is 1. The molecule has 0 unspecified atom stereocenters. The minimum atomic E-state index is -0.924. The maximum absolute atomic E-state index is 13.9. The van der Waals surface area contributed by atoms with Gasteiger partial charge < -0.3 is 10.4 Å². The number of halogens is 1. The average molecular weight is 463 g/mol. The van der Waals surface area contributed by atoms with Gasteiger partial charge in [0.1, 0.15) is 5.82 Å². The Morgan fingerprint density at radius 1 is 1.26 bits per heavy atom. The third kappa shape index (κ3) is 3.93. The summed E-state index contributed by atoms with van der Waals surface area (Å²) in [6, 6.07) is 7.19. The number of carboxylic acid groups (broad SMARTS) is 1. The van der Waals surface area contributed by atoms with Gasteiger partial charge in [-0.25, -0.2) is 4.39 Å². The predicted octanol–water partition coefficient (Wildman–Crippen LogP) is 5.36. The van der Waals surface area contributed by atoms with Crippen LogP contribution in [0.5, 0.6) is 0 Å². The Labute approximate surface area is 199 Å². The first kappa shape index (κ1) is 22.8. The molecule has 5 rings (SSSR count). The van der Waals surface area contributed by atoms with E-state index < -0.39 is 12.0 Å². The van der Waals surface area contributed by atoms with Crippen molar-refractivity contribution in [3.63, 3.8) is 0 Å². The molecule has 3 aliphatic carbocycles. The topological polar surface area (TPSA) is 79.3 Å². The molecule has 1 fully saturated rings. The molecule has 1 amide bonds. The van der Waals surface area contributed by atoms with Crippen LogP contribution in [0, 0.1) is 23.1 Å². The first-order valence-electron chi connectivity index (χ1n) is 12.2. The third-order valence-corrected chi connectivity index (χ3v) is 8.44. The molecule has 5 atom stereocenters. The van der Waals surface area contributed by atoms with Crippen LogP contribution < -0.4 is 5.32 Å². The van der Waals surface area contributed by atoms with Crippen LogP contribution >= 0.6 is 0 Å². The molecular weight excluding hydrogens is 431 g/mol. The summed E-state index contributed by atoms with van der Waals surface area (Å²) in [6.07, 6.45) is 10.4. The number of amides is 1. The number of aromatic nitrogens is 1. The molecule has 2 aromatic rings. The van der Waals surface area contributed by atoms with E-state index in [9.17, 15) is 14.0 Å². The molecule has 1 heterocycles. The van der Waals surface area contributed by atoms with E-state index in [1.54, 1.807) is 19.2 Å². The van der Waals surface area contributed by atoms with Crippen molar-refractivity contribution in [1.29, 1.82) is 0 Å². The highest BCUT2D eigenvalue weighted by molar-refractivity contribution is 5.95. The number of hydrogen-bond donors (Lipinski definition) is 2. The van der Waals surface area contributed by atoms with Crippen LogP contribution in [-0.4, -0.2) is 28.0 Å². The van der Waals surface area contributed by atoms with Crippen LogP contribution in [-0.2, 0) is 11.2 Å². The van der Waals surface area contributed by atoms with Crippen LogP contribution in [0.4, 0.5) is 4.39 Å². The van der Waals surface area contributed by atoms with E-state index in [4.69, 9.17) is 5.11 Å². The van der Waals surface area contributed by atoms with Gasteiger partial charge in [-0.15, -0.1) is 0 Å². The first-order valence-corrected chi connectivity index (χ1v) is 12.2. The predicted molar refractivity (Wildman–Crippen MR) is 128 cm³/mol. The molecule has 1 aromatic carbocycles. The van der Waals surface area contributed by atoms with Gasteiger partial charge in [0.25, 0.3) is 5.91 Å². The fourth-order valence-corrected chi connectivity index (χ4v) is 6.92. The standard InChI is InChI=1S/C28H31FN2O3/c1-16(11-26(32)33)31-27(34)18-4-5-21-17(12-18)3-6-23-22(21)9-10-28(2)24(7-8-25(23)28)19-13-20(29)15-30-14-19/h4-5,7,12-16,22-23,25H,3,6,8-11H2,1-2H3,(H,31,34)(H,32,33)/t16-,22+,23+,25-,28+/m0/s1. The van der Waals surface area contributed by atoms with Gasteiger partial charge in [0.05, 0.1) is 12.6 Å². The number of benzene rings is 1. The zero-order chi connectivity index (χ0) is 24.0. The van der Waals surface area contributed by atoms with Gasteiger partial charge >= 0.3 is 5.97 Å². The summed E-state index contributed by atoms with van der Waals surface area (Å²) in [5, 5.41) is 11.7. The number of pyridine rings is 1. The molecule has 0 aliphatic heterocycles. The molecule has 2 N–H and O–H groups in total. The number of aryl methyl sites for hydroxylation is 1. The second-order valence-electron chi connectivity index (χ2n) is 10.5. The number of carbonyl (C=O) groups is 2. The SMILES string of the molecule is C[C@@H](CC(=O)O)NC(=O)c1ccc2c(c1)CC[C@@H]1[C@@H]2CC[C@]2(C)C(c3cncc(F)c3)=CC[C@@H]12. The van der Waals surface area contributed by atoms with E-state index >= 15 is 0 Å². The highest BCUT2D eigenvalue weighted by Crippen LogP contribution is 2.63. The number of fused-ring (bicyclic) bond motifs is 5. The van der Waals surface area contributed by atoms with Crippen molar-refractivity contribution in [3.8, 4) is 0 Å². The molecule has 0 radical (unpaired) electrons. The number of carbonyl (C=O) groups excluding carboxylic acids is 1. The Morgan fingerprint density at radius 2 is 2.09 bits per heavy atom. The fraction of sp³-hybridized carbons (Fsp3) is 0.464. The second-order valence-corrected chi connectivity index (χ2v) is 10.5. The van der Waals surface area contributed by atoms with Gasteiger partial charge in [0.2, 0.25) is 0 Å². The van der Waals surface area contributed by atoms with Crippen molar-refractivity contribution in [2.45, 2.75) is 64.3 Å². The third-order valence-electron chi connectivity index (χ3n) is 8.44. The Hall–Kier alpha value is -3.02. The molecule has 5 nitrogen and oxygen atoms in total. The summed E-state index contributed by atoms with van der Waals surface area (Å²) in [7, 11) is 0. The summed E-state index contributed by atoms with van der Waals surface area (Å²) in [5.74, 6) is 0.135. The van der Waals surface area contributed by atoms with Gasteiger partial charge in [0, 0.05) is 17.8 Å². The molecule has 34 heavy (non-hydrogen) atoms. The highest BCUT2D eigenvalue weighted by atomic mass is 19.1. The van der Waals surface area contributed by atoms with Crippen molar-refractivity contribution < 1.29 is 19.1 Å². The zero-order valence-corrected chi connectivity index (χ0v) is 19.7. The number of aliphatic carboxylic acids is 1. The van der Waals surface area contributed by atoms with E-state index in [0.29, 0.717) is 23.3 Å². The highest BCUT2D eigenvalue weighted by Gasteiger charge is 2.52. The molecule has 178 valence electrons. The van der Waals surface area contributed by atoms with E-state index in [1.807, 2.05) is 12.1 Å². The van der Waals surface area contributed by atoms with E-state index in [-0.39, 0.29) is 23.6 Å². The zero-order valence-electron chi connectivity index (χ0n) is 19.7. The maximum Gasteiger partial charge on any atom is 0.305 e. The molecule has 1 saturated carbocycles. The Balaban J connectivity index is 1.35. The van der Waals surface area contributed by atoms with Crippen LogP contribution in [0.2, 0.25) is 0 Å². The normalized spacial score (nSPS) is 28.2. The van der Waals surface area contributed by atoms with Crippen molar-refractivity contribution in [1.82, 2.24) is 10.3 Å². The molecule has 0 bridgehead atoms. The monoisotopic (exact) mass is 462 g/mol. The van der Waals surface area contributed by atoms with Crippen molar-refractivity contribution in [2.75, 3.05) is 0 Å². The van der Waals surface area contributed by atoms with Gasteiger partial charge in [-0.2, -0.15) is 0 Å². The van der Waals surface area contributed by atoms with Crippen LogP contribution in [0.1, 0.15) is 78.9 Å². The van der Waals surface area contributed by atoms with E-state index in [0.717, 1.165) is 37.7 Å².